The van der Waals surface area contributed by atoms with Crippen molar-refractivity contribution in [1.29, 1.82) is 0 Å². The van der Waals surface area contributed by atoms with Crippen molar-refractivity contribution in [2.24, 2.45) is 0 Å². The topological polar surface area (TPSA) is 43.1 Å². The fraction of sp³-hybridized carbons (Fsp3) is 0.0500. The van der Waals surface area contributed by atoms with E-state index in [1.807, 2.05) is 30.9 Å². The molecule has 0 N–H and O–H groups in total. The molecule has 0 amide bonds. The molecule has 1 aromatic carbocycles. The van der Waals surface area contributed by atoms with Gasteiger partial charge in [-0.15, -0.1) is 0 Å². The first-order valence-corrected chi connectivity index (χ1v) is 8.01. The van der Waals surface area contributed by atoms with E-state index in [9.17, 15) is 0 Å². The van der Waals surface area contributed by atoms with Crippen molar-refractivity contribution < 1.29 is 0 Å². The summed E-state index contributed by atoms with van der Waals surface area (Å²) < 4.78 is 2.29. The molecule has 0 saturated carbocycles. The summed E-state index contributed by atoms with van der Waals surface area (Å²) in [7, 11) is 0. The molecule has 0 fully saturated rings. The molecule has 4 aromatic heterocycles. The van der Waals surface area contributed by atoms with Gasteiger partial charge >= 0.3 is 0 Å². The number of nitrogens with zero attached hydrogens (tertiary/aromatic N) is 4. The van der Waals surface area contributed by atoms with Gasteiger partial charge in [0.15, 0.2) is 0 Å². The van der Waals surface area contributed by atoms with Crippen LogP contribution in [0, 0.1) is 0 Å². The molecule has 1 aliphatic carbocycles. The van der Waals surface area contributed by atoms with Crippen molar-refractivity contribution in [1.82, 2.24) is 19.4 Å². The van der Waals surface area contributed by atoms with Crippen LogP contribution in [0.4, 0.5) is 0 Å². The predicted molar refractivity (Wildman–Crippen MR) is 94.0 cm³/mol. The van der Waals surface area contributed by atoms with Gasteiger partial charge in [0.1, 0.15) is 5.65 Å². The number of benzene rings is 1. The molecule has 4 heterocycles. The molecule has 0 bridgehead atoms. The smallest absolute Gasteiger partial charge is 0.146 e. The van der Waals surface area contributed by atoms with Gasteiger partial charge in [-0.05, 0) is 17.7 Å². The van der Waals surface area contributed by atoms with Gasteiger partial charge in [-0.1, -0.05) is 24.3 Å². The first-order chi connectivity index (χ1) is 11.9. The number of hydrogen-bond donors (Lipinski definition) is 0. The Morgan fingerprint density at radius 2 is 1.67 bits per heavy atom. The van der Waals surface area contributed by atoms with Crippen LogP contribution in [0.25, 0.3) is 38.6 Å². The van der Waals surface area contributed by atoms with Gasteiger partial charge < -0.3 is 0 Å². The maximum Gasteiger partial charge on any atom is 0.146 e. The van der Waals surface area contributed by atoms with Gasteiger partial charge in [-0.3, -0.25) is 14.4 Å². The molecule has 0 atom stereocenters. The highest BCUT2D eigenvalue weighted by Crippen LogP contribution is 2.40. The van der Waals surface area contributed by atoms with E-state index >= 15 is 0 Å². The van der Waals surface area contributed by atoms with Gasteiger partial charge in [-0.25, -0.2) is 4.98 Å². The summed E-state index contributed by atoms with van der Waals surface area (Å²) in [6, 6.07) is 12.7. The molecule has 5 aromatic rings. The highest BCUT2D eigenvalue weighted by molar-refractivity contribution is 6.12. The quantitative estimate of drug-likeness (QED) is 0.398. The van der Waals surface area contributed by atoms with Crippen LogP contribution in [0.5, 0.6) is 0 Å². The lowest BCUT2D eigenvalue weighted by Gasteiger charge is -2.10. The molecule has 4 nitrogen and oxygen atoms in total. The van der Waals surface area contributed by atoms with Crippen LogP contribution in [0.2, 0.25) is 0 Å². The molecule has 0 aliphatic heterocycles. The molecule has 4 heteroatoms. The zero-order valence-corrected chi connectivity index (χ0v) is 12.8. The molecular formula is C20H12N4. The van der Waals surface area contributed by atoms with Gasteiger partial charge in [0.2, 0.25) is 0 Å². The number of fused-ring (bicyclic) bond motifs is 10. The number of hydrogen-bond acceptors (Lipinski definition) is 3. The van der Waals surface area contributed by atoms with Gasteiger partial charge in [0.05, 0.1) is 16.9 Å². The lowest BCUT2D eigenvalue weighted by Crippen LogP contribution is -1.94. The van der Waals surface area contributed by atoms with E-state index in [1.54, 1.807) is 0 Å². The second-order valence-electron chi connectivity index (χ2n) is 6.21. The Kier molecular flexibility index (Phi) is 2.12. The summed E-state index contributed by atoms with van der Waals surface area (Å²) in [5.41, 5.74) is 7.14. The van der Waals surface area contributed by atoms with Crippen LogP contribution in [0.15, 0.2) is 61.2 Å². The van der Waals surface area contributed by atoms with Gasteiger partial charge in [0.25, 0.3) is 0 Å². The van der Waals surface area contributed by atoms with Crippen LogP contribution in [0.1, 0.15) is 11.3 Å². The van der Waals surface area contributed by atoms with E-state index in [0.29, 0.717) is 0 Å². The summed E-state index contributed by atoms with van der Waals surface area (Å²) >= 11 is 0. The second kappa shape index (κ2) is 4.17. The molecule has 0 saturated heterocycles. The highest BCUT2D eigenvalue weighted by Gasteiger charge is 2.26. The van der Waals surface area contributed by atoms with E-state index in [4.69, 9.17) is 4.98 Å². The van der Waals surface area contributed by atoms with Crippen molar-refractivity contribution in [3.63, 3.8) is 0 Å². The minimum absolute atomic E-state index is 0.895. The fourth-order valence-electron chi connectivity index (χ4n) is 3.96. The fourth-order valence-corrected chi connectivity index (χ4v) is 3.96. The van der Waals surface area contributed by atoms with Crippen molar-refractivity contribution in [3.05, 3.63) is 72.4 Å². The monoisotopic (exact) mass is 308 g/mol. The Bertz CT molecular complexity index is 1280. The van der Waals surface area contributed by atoms with E-state index in [0.717, 1.165) is 39.4 Å². The SMILES string of the molecule is c1ccc2c(c1)Cc1nc3c4ccncc4c4cnccc4n3c1-2. The predicted octanol–water partition coefficient (Wildman–Crippen LogP) is 4.00. The number of rotatable bonds is 0. The minimum atomic E-state index is 0.895. The third-order valence-electron chi connectivity index (χ3n) is 4.97. The normalized spacial score (nSPS) is 12.8. The highest BCUT2D eigenvalue weighted by atomic mass is 15.0. The zero-order valence-electron chi connectivity index (χ0n) is 12.8. The lowest BCUT2D eigenvalue weighted by atomic mass is 10.1. The van der Waals surface area contributed by atoms with Crippen molar-refractivity contribution in [2.45, 2.75) is 6.42 Å². The molecule has 24 heavy (non-hydrogen) atoms. The lowest BCUT2D eigenvalue weighted by molar-refractivity contribution is 1.17. The molecule has 0 radical (unpaired) electrons. The van der Waals surface area contributed by atoms with Crippen LogP contribution in [0.3, 0.4) is 0 Å². The molecule has 6 rings (SSSR count). The van der Waals surface area contributed by atoms with Crippen molar-refractivity contribution >= 4 is 27.3 Å². The number of imidazole rings is 1. The van der Waals surface area contributed by atoms with Crippen LogP contribution < -0.4 is 0 Å². The third-order valence-corrected chi connectivity index (χ3v) is 4.97. The van der Waals surface area contributed by atoms with E-state index in [2.05, 4.69) is 44.7 Å². The number of pyridine rings is 3. The summed E-state index contributed by atoms with van der Waals surface area (Å²) in [6.45, 7) is 0. The molecule has 112 valence electrons. The summed E-state index contributed by atoms with van der Waals surface area (Å²) in [6.07, 6.45) is 8.40. The maximum absolute atomic E-state index is 5.00. The van der Waals surface area contributed by atoms with Crippen LogP contribution in [-0.2, 0) is 6.42 Å². The standard InChI is InChI=1S/C20H12N4/c1-2-4-13-12(3-1)9-17-19(13)24-18-6-8-22-11-16(18)15-10-21-7-5-14(15)20(24)23-17/h1-8,10-11H,9H2. The van der Waals surface area contributed by atoms with Gasteiger partial charge in [0, 0.05) is 52.9 Å². The third kappa shape index (κ3) is 1.36. The first kappa shape index (κ1) is 12.2. The van der Waals surface area contributed by atoms with E-state index in [1.165, 1.54) is 16.8 Å². The summed E-state index contributed by atoms with van der Waals surface area (Å²) in [4.78, 5) is 13.6. The average molecular weight is 308 g/mol. The van der Waals surface area contributed by atoms with Crippen LogP contribution >= 0.6 is 0 Å². The van der Waals surface area contributed by atoms with Crippen molar-refractivity contribution in [2.75, 3.05) is 0 Å². The Morgan fingerprint density at radius 3 is 2.62 bits per heavy atom. The second-order valence-corrected chi connectivity index (χ2v) is 6.21. The average Bonchev–Trinajstić information content (AvgIpc) is 3.18. The Hall–Kier alpha value is -3.27. The summed E-state index contributed by atoms with van der Waals surface area (Å²) in [5.74, 6) is 0. The van der Waals surface area contributed by atoms with Gasteiger partial charge in [-0.2, -0.15) is 0 Å². The Balaban J connectivity index is 1.93. The Labute approximate surface area is 137 Å². The maximum atomic E-state index is 5.00. The largest absolute Gasteiger partial charge is 0.291 e. The van der Waals surface area contributed by atoms with E-state index < -0.39 is 0 Å². The molecule has 1 aliphatic rings. The molecule has 0 unspecified atom stereocenters. The van der Waals surface area contributed by atoms with Crippen LogP contribution in [-0.4, -0.2) is 19.4 Å². The van der Waals surface area contributed by atoms with Crippen molar-refractivity contribution in [3.8, 4) is 11.3 Å². The first-order valence-electron chi connectivity index (χ1n) is 8.01. The number of aromatic nitrogens is 4. The molecular weight excluding hydrogens is 296 g/mol. The zero-order chi connectivity index (χ0) is 15.7. The Morgan fingerprint density at radius 1 is 0.833 bits per heavy atom. The molecule has 0 spiro atoms. The minimum Gasteiger partial charge on any atom is -0.291 e. The summed E-state index contributed by atoms with van der Waals surface area (Å²) in [5, 5.41) is 3.33. The van der Waals surface area contributed by atoms with E-state index in [-0.39, 0.29) is 0 Å².